The summed E-state index contributed by atoms with van der Waals surface area (Å²) in [6.45, 7) is 0. The molecular weight excluding hydrogens is 469 g/mol. The van der Waals surface area contributed by atoms with E-state index in [1.165, 1.54) is 18.4 Å². The first-order valence-corrected chi connectivity index (χ1v) is 12.1. The Bertz CT molecular complexity index is 1590. The van der Waals surface area contributed by atoms with Crippen LogP contribution in [0.1, 0.15) is 48.3 Å². The van der Waals surface area contributed by atoms with Gasteiger partial charge in [-0.1, -0.05) is 66.7 Å². The van der Waals surface area contributed by atoms with Crippen molar-refractivity contribution in [1.82, 2.24) is 0 Å². The highest BCUT2D eigenvalue weighted by Gasteiger charge is 2.72. The van der Waals surface area contributed by atoms with E-state index in [0.717, 1.165) is 0 Å². The molecule has 0 bridgehead atoms. The number of fused-ring (bicyclic) bond motifs is 5. The first kappa shape index (κ1) is 21.7. The minimum absolute atomic E-state index is 0.244. The summed E-state index contributed by atoms with van der Waals surface area (Å²) in [6, 6.07) is 21.6. The van der Waals surface area contributed by atoms with E-state index >= 15 is 0 Å². The van der Waals surface area contributed by atoms with Crippen molar-refractivity contribution in [3.8, 4) is 0 Å². The zero-order chi connectivity index (χ0) is 25.3. The van der Waals surface area contributed by atoms with Gasteiger partial charge in [-0.25, -0.2) is 4.39 Å². The number of nitrogens with zero attached hydrogens (tertiary/aromatic N) is 1. The number of halogens is 1. The van der Waals surface area contributed by atoms with Gasteiger partial charge < -0.3 is 9.32 Å². The summed E-state index contributed by atoms with van der Waals surface area (Å²) in [5.74, 6) is -1.84. The maximum atomic E-state index is 14.4. The van der Waals surface area contributed by atoms with Crippen LogP contribution in [0.3, 0.4) is 0 Å². The summed E-state index contributed by atoms with van der Waals surface area (Å²) in [6.07, 6.45) is 4.98. The van der Waals surface area contributed by atoms with E-state index in [9.17, 15) is 18.8 Å². The van der Waals surface area contributed by atoms with E-state index in [-0.39, 0.29) is 17.3 Å². The first-order valence-electron chi connectivity index (χ1n) is 12.1. The molecule has 3 atom stereocenters. The summed E-state index contributed by atoms with van der Waals surface area (Å²) >= 11 is 0. The highest BCUT2D eigenvalue weighted by Crippen LogP contribution is 2.61. The molecule has 0 amide bonds. The van der Waals surface area contributed by atoms with Crippen molar-refractivity contribution >= 4 is 29.1 Å². The van der Waals surface area contributed by atoms with Crippen molar-refractivity contribution in [2.45, 2.75) is 18.0 Å². The number of hydrogen-bond donors (Lipinski definition) is 0. The van der Waals surface area contributed by atoms with Crippen LogP contribution in [-0.2, 0) is 0 Å². The highest BCUT2D eigenvalue weighted by atomic mass is 19.1. The number of ketones is 3. The molecule has 1 saturated heterocycles. The third-order valence-electron chi connectivity index (χ3n) is 7.94. The molecule has 0 radical (unpaired) electrons. The van der Waals surface area contributed by atoms with E-state index in [2.05, 4.69) is 0 Å². The van der Waals surface area contributed by atoms with Crippen LogP contribution in [0.25, 0.3) is 6.08 Å². The van der Waals surface area contributed by atoms with E-state index in [4.69, 9.17) is 4.42 Å². The number of hydrogen-bond acceptors (Lipinski definition) is 5. The molecule has 3 aliphatic rings. The van der Waals surface area contributed by atoms with Gasteiger partial charge in [0.2, 0.25) is 0 Å². The fourth-order valence-corrected chi connectivity index (χ4v) is 6.50. The number of carbonyl (C=O) groups is 3. The third-order valence-corrected chi connectivity index (χ3v) is 7.94. The van der Waals surface area contributed by atoms with Crippen molar-refractivity contribution in [2.75, 3.05) is 4.90 Å². The first-order chi connectivity index (χ1) is 18.0. The van der Waals surface area contributed by atoms with Crippen molar-refractivity contribution in [1.29, 1.82) is 0 Å². The van der Waals surface area contributed by atoms with Crippen LogP contribution in [0.5, 0.6) is 0 Å². The molecule has 4 aromatic rings. The van der Waals surface area contributed by atoms with Crippen LogP contribution < -0.4 is 4.90 Å². The molecule has 3 unspecified atom stereocenters. The van der Waals surface area contributed by atoms with Crippen LogP contribution in [-0.4, -0.2) is 29.4 Å². The third kappa shape index (κ3) is 2.75. The molecule has 6 heteroatoms. The number of anilines is 1. The van der Waals surface area contributed by atoms with Gasteiger partial charge in [0.1, 0.15) is 23.0 Å². The highest BCUT2D eigenvalue weighted by molar-refractivity contribution is 6.32. The van der Waals surface area contributed by atoms with Gasteiger partial charge in [-0.3, -0.25) is 14.4 Å². The molecule has 0 saturated carbocycles. The second kappa shape index (κ2) is 7.71. The normalized spacial score (nSPS) is 22.7. The summed E-state index contributed by atoms with van der Waals surface area (Å²) in [5, 5.41) is 0. The van der Waals surface area contributed by atoms with Crippen LogP contribution in [0.15, 0.2) is 102 Å². The van der Waals surface area contributed by atoms with Gasteiger partial charge in [0.05, 0.1) is 18.2 Å². The lowest BCUT2D eigenvalue weighted by Gasteiger charge is -2.37. The molecule has 7 rings (SSSR count). The van der Waals surface area contributed by atoms with Crippen molar-refractivity contribution in [3.05, 3.63) is 131 Å². The Morgan fingerprint density at radius 3 is 2.24 bits per heavy atom. The molecule has 1 aliphatic carbocycles. The molecule has 180 valence electrons. The molecule has 1 spiro atoms. The average Bonchev–Trinajstić information content (AvgIpc) is 3.62. The summed E-state index contributed by atoms with van der Waals surface area (Å²) < 4.78 is 20.1. The Balaban J connectivity index is 1.55. The Labute approximate surface area is 211 Å². The van der Waals surface area contributed by atoms with E-state index in [1.807, 2.05) is 11.0 Å². The second-order valence-corrected chi connectivity index (χ2v) is 9.66. The van der Waals surface area contributed by atoms with E-state index in [1.54, 1.807) is 78.9 Å². The van der Waals surface area contributed by atoms with Gasteiger partial charge >= 0.3 is 0 Å². The molecule has 1 fully saturated rings. The Kier molecular flexibility index (Phi) is 4.52. The molecular formula is C31H20FNO4. The van der Waals surface area contributed by atoms with Gasteiger partial charge in [0.15, 0.2) is 17.3 Å². The van der Waals surface area contributed by atoms with Gasteiger partial charge in [-0.2, -0.15) is 0 Å². The number of furan rings is 1. The number of carbonyl (C=O) groups excluding carboxylic acids is 3. The Morgan fingerprint density at radius 2 is 1.57 bits per heavy atom. The van der Waals surface area contributed by atoms with Crippen LogP contribution >= 0.6 is 0 Å². The van der Waals surface area contributed by atoms with Crippen LogP contribution in [0.4, 0.5) is 10.1 Å². The van der Waals surface area contributed by atoms with Gasteiger partial charge in [0.25, 0.3) is 0 Å². The fourth-order valence-electron chi connectivity index (χ4n) is 6.50. The second-order valence-electron chi connectivity index (χ2n) is 9.66. The topological polar surface area (TPSA) is 67.6 Å². The fraction of sp³-hybridized carbons (Fsp3) is 0.129. The molecule has 3 heterocycles. The number of benzene rings is 3. The number of Topliss-reactive ketones (excluding diaryl/α,β-unsaturated/α-hetero) is 3. The maximum absolute atomic E-state index is 14.4. The lowest BCUT2D eigenvalue weighted by Crippen LogP contribution is -2.48. The van der Waals surface area contributed by atoms with Gasteiger partial charge in [-0.15, -0.1) is 0 Å². The lowest BCUT2D eigenvalue weighted by atomic mass is 9.65. The van der Waals surface area contributed by atoms with Crippen LogP contribution in [0.2, 0.25) is 0 Å². The molecule has 1 aromatic heterocycles. The molecule has 2 aliphatic heterocycles. The zero-order valence-corrected chi connectivity index (χ0v) is 19.5. The zero-order valence-electron chi connectivity index (χ0n) is 19.5. The minimum atomic E-state index is -1.63. The number of rotatable bonds is 3. The monoisotopic (exact) mass is 489 g/mol. The Hall–Kier alpha value is -4.58. The summed E-state index contributed by atoms with van der Waals surface area (Å²) in [5.41, 5.74) is 0.679. The van der Waals surface area contributed by atoms with E-state index < -0.39 is 29.2 Å². The molecule has 0 N–H and O–H groups in total. The summed E-state index contributed by atoms with van der Waals surface area (Å²) in [4.78, 5) is 44.9. The maximum Gasteiger partial charge on any atom is 0.186 e. The van der Waals surface area contributed by atoms with Crippen LogP contribution in [0, 0.1) is 11.2 Å². The quantitative estimate of drug-likeness (QED) is 0.271. The molecule has 5 nitrogen and oxygen atoms in total. The largest absolute Gasteiger partial charge is 0.469 e. The lowest BCUT2D eigenvalue weighted by molar-refractivity contribution is 0.0652. The molecule has 3 aromatic carbocycles. The van der Waals surface area contributed by atoms with Gasteiger partial charge in [0, 0.05) is 27.9 Å². The minimum Gasteiger partial charge on any atom is -0.469 e. The SMILES string of the molecule is O=C(c1ccccc1)C1C(c2ccco2)C2(C(=O)c3ccccc3C2=O)C2C=Cc3cc(F)ccc3N12. The average molecular weight is 490 g/mol. The van der Waals surface area contributed by atoms with Crippen molar-refractivity contribution < 1.29 is 23.2 Å². The van der Waals surface area contributed by atoms with Crippen molar-refractivity contribution in [3.63, 3.8) is 0 Å². The summed E-state index contributed by atoms with van der Waals surface area (Å²) in [7, 11) is 0. The smallest absolute Gasteiger partial charge is 0.186 e. The predicted molar refractivity (Wildman–Crippen MR) is 135 cm³/mol. The van der Waals surface area contributed by atoms with Crippen molar-refractivity contribution in [2.24, 2.45) is 5.41 Å². The predicted octanol–water partition coefficient (Wildman–Crippen LogP) is 5.74. The van der Waals surface area contributed by atoms with Gasteiger partial charge in [-0.05, 0) is 30.3 Å². The Morgan fingerprint density at radius 1 is 0.865 bits per heavy atom. The molecule has 37 heavy (non-hydrogen) atoms. The van der Waals surface area contributed by atoms with E-state index in [0.29, 0.717) is 33.7 Å². The standard InChI is InChI=1S/C31H20FNO4/c32-20-13-14-23-19(17-20)12-15-25-31(29(35)21-9-4-5-10-22(21)30(31)36)26(24-11-6-16-37-24)27(33(23)25)28(34)18-7-2-1-3-8-18/h1-17,25-27H.